The van der Waals surface area contributed by atoms with Crippen LogP contribution in [0.4, 0.5) is 4.39 Å². The lowest BCUT2D eigenvalue weighted by molar-refractivity contribution is -0.114. The number of ether oxygens (including phenoxy) is 2. The second kappa shape index (κ2) is 11.0. The zero-order valence-electron chi connectivity index (χ0n) is 19.9. The number of hydrazone groups is 1. The van der Waals surface area contributed by atoms with Gasteiger partial charge in [0.2, 0.25) is 5.17 Å². The van der Waals surface area contributed by atoms with Gasteiger partial charge in [-0.15, -0.1) is 0 Å². The van der Waals surface area contributed by atoms with Crippen molar-refractivity contribution in [3.8, 4) is 11.5 Å². The average molecular weight is 569 g/mol. The second-order valence-electron chi connectivity index (χ2n) is 8.05. The van der Waals surface area contributed by atoms with Crippen LogP contribution in [0.25, 0.3) is 6.08 Å². The second-order valence-corrected chi connectivity index (χ2v) is 9.82. The molecule has 3 aromatic carbocycles. The molecule has 192 valence electrons. The van der Waals surface area contributed by atoms with Crippen LogP contribution in [-0.2, 0) is 11.4 Å². The van der Waals surface area contributed by atoms with Crippen molar-refractivity contribution in [2.24, 2.45) is 10.1 Å². The summed E-state index contributed by atoms with van der Waals surface area (Å²) in [6.07, 6.45) is 1.49. The number of nitrogens with one attached hydrogen (secondary N) is 1. The normalized spacial score (nSPS) is 15.9. The fourth-order valence-electron chi connectivity index (χ4n) is 3.74. The van der Waals surface area contributed by atoms with Gasteiger partial charge in [-0.05, 0) is 54.6 Å². The Morgan fingerprint density at radius 3 is 2.61 bits per heavy atom. The van der Waals surface area contributed by atoms with Crippen molar-refractivity contribution < 1.29 is 18.7 Å². The summed E-state index contributed by atoms with van der Waals surface area (Å²) in [5.41, 5.74) is 1.57. The van der Waals surface area contributed by atoms with Crippen molar-refractivity contribution in [3.05, 3.63) is 98.8 Å². The number of hydrogen-bond acceptors (Lipinski definition) is 6. The van der Waals surface area contributed by atoms with Gasteiger partial charge in [-0.3, -0.25) is 10.2 Å². The molecule has 0 aliphatic carbocycles. The number of thioether (sulfide) groups is 1. The van der Waals surface area contributed by atoms with E-state index >= 15 is 0 Å². The predicted octanol–water partition coefficient (Wildman–Crippen LogP) is 6.78. The summed E-state index contributed by atoms with van der Waals surface area (Å²) in [6.45, 7) is 2.07. The predicted molar refractivity (Wildman–Crippen MR) is 149 cm³/mol. The summed E-state index contributed by atoms with van der Waals surface area (Å²) in [6, 6.07) is 16.7. The van der Waals surface area contributed by atoms with E-state index in [4.69, 9.17) is 38.1 Å². The number of rotatable bonds is 7. The lowest BCUT2D eigenvalue weighted by Gasteiger charge is -2.20. The summed E-state index contributed by atoms with van der Waals surface area (Å²) in [5, 5.41) is 15.9. The van der Waals surface area contributed by atoms with E-state index in [1.165, 1.54) is 17.2 Å². The van der Waals surface area contributed by atoms with Crippen molar-refractivity contribution in [2.75, 3.05) is 6.61 Å². The maximum Gasteiger partial charge on any atom is 0.283 e. The van der Waals surface area contributed by atoms with Gasteiger partial charge in [0.1, 0.15) is 17.5 Å². The van der Waals surface area contributed by atoms with Crippen LogP contribution < -0.4 is 9.47 Å². The Morgan fingerprint density at radius 1 is 1.08 bits per heavy atom. The van der Waals surface area contributed by atoms with E-state index in [0.717, 1.165) is 11.8 Å². The fourth-order valence-corrected chi connectivity index (χ4v) is 5.23. The molecule has 0 radical (unpaired) electrons. The first kappa shape index (κ1) is 26.0. The largest absolute Gasteiger partial charge is 0.490 e. The molecule has 2 aliphatic heterocycles. The van der Waals surface area contributed by atoms with E-state index in [1.54, 1.807) is 49.4 Å². The Bertz CT molecular complexity index is 1560. The summed E-state index contributed by atoms with van der Waals surface area (Å²) in [7, 11) is 0. The van der Waals surface area contributed by atoms with Crippen LogP contribution in [0.1, 0.15) is 23.6 Å². The molecule has 2 heterocycles. The summed E-state index contributed by atoms with van der Waals surface area (Å²) >= 11 is 14.0. The lowest BCUT2D eigenvalue weighted by atomic mass is 10.1. The number of hydrogen-bond donors (Lipinski definition) is 1. The van der Waals surface area contributed by atoms with Crippen LogP contribution >= 0.6 is 35.0 Å². The van der Waals surface area contributed by atoms with E-state index < -0.39 is 11.7 Å². The molecule has 3 aromatic rings. The highest BCUT2D eigenvalue weighted by molar-refractivity contribution is 8.27. The quantitative estimate of drug-likeness (QED) is 0.317. The van der Waals surface area contributed by atoms with E-state index in [9.17, 15) is 9.18 Å². The number of benzene rings is 3. The van der Waals surface area contributed by atoms with Gasteiger partial charge in [-0.2, -0.15) is 15.1 Å². The van der Waals surface area contributed by atoms with Gasteiger partial charge in [0.05, 0.1) is 22.2 Å². The van der Waals surface area contributed by atoms with Crippen molar-refractivity contribution in [1.29, 1.82) is 5.41 Å². The molecule has 11 heteroatoms. The number of nitrogens with zero attached hydrogens (tertiary/aromatic N) is 3. The van der Waals surface area contributed by atoms with E-state index in [1.807, 2.05) is 12.1 Å². The molecule has 7 nitrogen and oxygen atoms in total. The minimum Gasteiger partial charge on any atom is -0.490 e. The number of carbonyl (C=O) groups excluding carboxylic acids is 1. The summed E-state index contributed by atoms with van der Waals surface area (Å²) in [5.74, 6) is -0.549. The van der Waals surface area contributed by atoms with Gasteiger partial charge in [0.15, 0.2) is 17.3 Å². The fraction of sp³-hybridized carbons (Fsp3) is 0.111. The molecular formula is C27H19Cl2FN4O3S. The van der Waals surface area contributed by atoms with Gasteiger partial charge in [-0.1, -0.05) is 59.6 Å². The first-order valence-electron chi connectivity index (χ1n) is 11.4. The van der Waals surface area contributed by atoms with Gasteiger partial charge >= 0.3 is 0 Å². The molecular weight excluding hydrogens is 550 g/mol. The molecule has 2 aliphatic rings. The Kier molecular flexibility index (Phi) is 7.51. The first-order valence-corrected chi connectivity index (χ1v) is 13.0. The van der Waals surface area contributed by atoms with E-state index in [2.05, 4.69) is 10.1 Å². The van der Waals surface area contributed by atoms with Crippen molar-refractivity contribution in [2.45, 2.75) is 13.5 Å². The standard InChI is InChI=1S/C27H19Cl2FN4O3S/c1-2-36-22-13-15(12-20(29)23(22)37-14-16-7-3-6-10-21(16)30)11-18-24(31)34-27(32-25(18)35)38-26(33-34)17-8-4-5-9-19(17)28/h3-13,31H,2,14H2,1H3/b18-11-,31-24?. The van der Waals surface area contributed by atoms with Crippen LogP contribution in [0.3, 0.4) is 0 Å². The maximum atomic E-state index is 14.0. The molecule has 0 aromatic heterocycles. The third kappa shape index (κ3) is 5.18. The number of halogens is 3. The van der Waals surface area contributed by atoms with Crippen LogP contribution in [0.5, 0.6) is 11.5 Å². The Labute approximate surface area is 232 Å². The van der Waals surface area contributed by atoms with Gasteiger partial charge < -0.3 is 9.47 Å². The van der Waals surface area contributed by atoms with Crippen LogP contribution in [-0.4, -0.2) is 33.6 Å². The number of fused-ring (bicyclic) bond motifs is 1. The Balaban J connectivity index is 1.44. The molecule has 0 fully saturated rings. The third-order valence-corrected chi connectivity index (χ3v) is 7.08. The van der Waals surface area contributed by atoms with Crippen LogP contribution in [0.2, 0.25) is 10.0 Å². The zero-order chi connectivity index (χ0) is 26.8. The highest BCUT2D eigenvalue weighted by Gasteiger charge is 2.36. The number of carbonyl (C=O) groups is 1. The minimum atomic E-state index is -0.585. The number of aliphatic imine (C=N–C) groups is 1. The van der Waals surface area contributed by atoms with Crippen molar-refractivity contribution in [1.82, 2.24) is 5.01 Å². The number of amidine groups is 2. The molecule has 0 atom stereocenters. The molecule has 5 rings (SSSR count). The van der Waals surface area contributed by atoms with Crippen LogP contribution in [0, 0.1) is 11.2 Å². The molecule has 0 saturated heterocycles. The minimum absolute atomic E-state index is 0.0250. The van der Waals surface area contributed by atoms with Gasteiger partial charge in [0, 0.05) is 11.1 Å². The lowest BCUT2D eigenvalue weighted by Crippen LogP contribution is -2.35. The number of amides is 1. The van der Waals surface area contributed by atoms with Gasteiger partial charge in [-0.25, -0.2) is 4.39 Å². The van der Waals surface area contributed by atoms with Gasteiger partial charge in [0.25, 0.3) is 5.91 Å². The molecule has 0 bridgehead atoms. The van der Waals surface area contributed by atoms with Crippen molar-refractivity contribution in [3.63, 3.8) is 0 Å². The molecule has 38 heavy (non-hydrogen) atoms. The Hall–Kier alpha value is -3.66. The monoisotopic (exact) mass is 568 g/mol. The highest BCUT2D eigenvalue weighted by atomic mass is 35.5. The van der Waals surface area contributed by atoms with Crippen LogP contribution in [0.15, 0.2) is 76.3 Å². The Morgan fingerprint density at radius 2 is 1.84 bits per heavy atom. The summed E-state index contributed by atoms with van der Waals surface area (Å²) in [4.78, 5) is 17.0. The molecule has 1 N–H and O–H groups in total. The summed E-state index contributed by atoms with van der Waals surface area (Å²) < 4.78 is 25.6. The molecule has 0 saturated carbocycles. The highest BCUT2D eigenvalue weighted by Crippen LogP contribution is 2.39. The SMILES string of the molecule is CCOc1cc(/C=C2/C(=N)N3N=C(c4ccccc4Cl)SC3=NC2=O)cc(Cl)c1OCc1ccccc1F. The molecule has 1 amide bonds. The smallest absolute Gasteiger partial charge is 0.283 e. The topological polar surface area (TPSA) is 87.3 Å². The van der Waals surface area contributed by atoms with E-state index in [0.29, 0.717) is 39.1 Å². The molecule has 0 unspecified atom stereocenters. The van der Waals surface area contributed by atoms with Crippen molar-refractivity contribution >= 4 is 63.0 Å². The third-order valence-electron chi connectivity index (χ3n) is 5.53. The zero-order valence-corrected chi connectivity index (χ0v) is 22.2. The maximum absolute atomic E-state index is 14.0. The molecule has 0 spiro atoms. The first-order chi connectivity index (χ1) is 18.4. The average Bonchev–Trinajstić information content (AvgIpc) is 3.31. The van der Waals surface area contributed by atoms with E-state index in [-0.39, 0.29) is 34.0 Å².